The molecule has 1 aliphatic rings. The maximum atomic E-state index is 14.0. The maximum absolute atomic E-state index is 14.0. The van der Waals surface area contributed by atoms with Crippen LogP contribution in [0.2, 0.25) is 0 Å². The minimum Gasteiger partial charge on any atom is -0.506 e. The number of aromatic amines is 1. The van der Waals surface area contributed by atoms with Gasteiger partial charge in [-0.3, -0.25) is 14.6 Å². The number of hydrogen-bond acceptors (Lipinski definition) is 11. The Morgan fingerprint density at radius 2 is 1.79 bits per heavy atom. The minimum atomic E-state index is -1.24. The van der Waals surface area contributed by atoms with Gasteiger partial charge in [0, 0.05) is 74.5 Å². The number of aryl methyl sites for hydroxylation is 2. The number of nitrogens with zero attached hydrogens (tertiary/aromatic N) is 2. The van der Waals surface area contributed by atoms with E-state index in [4.69, 9.17) is 10.5 Å². The quantitative estimate of drug-likeness (QED) is 0.0367. The number of hydrogen-bond donors (Lipinski definition) is 7. The standard InChI is InChI=1S/C49H50N6O6S/c1-29-22-36(26-39-45(29)52-27-40(48(50)59)46(39)53-33-10-7-11-34(25-33)61-2)62-35-12-6-9-32(24-35)49(60)55-21-19-31-23-30(13-16-41(31)55)8-4-3-5-20-51-28-43(57)37-14-17-42(56)47-38(37)15-18-44(58)54-47/h6-7,9-18,22-27,43,48,51,56-57,59H,3-5,8,19-21,28,50H2,1-2H3,(H,52,53)(H,54,58). The summed E-state index contributed by atoms with van der Waals surface area (Å²) in [5.74, 6) is 0.636. The smallest absolute Gasteiger partial charge is 0.258 e. The van der Waals surface area contributed by atoms with Gasteiger partial charge < -0.3 is 46.3 Å². The van der Waals surface area contributed by atoms with Crippen LogP contribution in [0.4, 0.5) is 17.1 Å². The zero-order chi connectivity index (χ0) is 43.3. The van der Waals surface area contributed by atoms with Gasteiger partial charge in [0.25, 0.3) is 5.91 Å². The highest BCUT2D eigenvalue weighted by Gasteiger charge is 2.26. The first kappa shape index (κ1) is 42.5. The van der Waals surface area contributed by atoms with E-state index in [-0.39, 0.29) is 17.2 Å². The molecule has 7 aromatic rings. The molecule has 1 amide bonds. The third-order valence-corrected chi connectivity index (χ3v) is 12.3. The maximum Gasteiger partial charge on any atom is 0.258 e. The number of nitrogens with two attached hydrogens (primary N) is 1. The lowest BCUT2D eigenvalue weighted by atomic mass is 10.0. The molecule has 8 N–H and O–H groups in total. The average Bonchev–Trinajstić information content (AvgIpc) is 3.69. The first-order valence-electron chi connectivity index (χ1n) is 20.8. The molecule has 1 aliphatic heterocycles. The predicted molar refractivity (Wildman–Crippen MR) is 246 cm³/mol. The number of fused-ring (bicyclic) bond motifs is 3. The summed E-state index contributed by atoms with van der Waals surface area (Å²) in [5, 5.41) is 39.7. The number of anilines is 3. The second kappa shape index (κ2) is 18.8. The second-order valence-corrected chi connectivity index (χ2v) is 16.8. The van der Waals surface area contributed by atoms with Crippen LogP contribution in [0.5, 0.6) is 11.5 Å². The first-order chi connectivity index (χ1) is 30.1. The molecule has 0 bridgehead atoms. The molecule has 62 heavy (non-hydrogen) atoms. The van der Waals surface area contributed by atoms with Crippen molar-refractivity contribution in [2.24, 2.45) is 5.73 Å². The number of phenolic OH excluding ortho intramolecular Hbond substituents is 1. The fraction of sp³-hybridized carbons (Fsp3) is 0.245. The Balaban J connectivity index is 0.869. The van der Waals surface area contributed by atoms with Gasteiger partial charge in [-0.15, -0.1) is 0 Å². The van der Waals surface area contributed by atoms with Gasteiger partial charge in [-0.05, 0) is 122 Å². The molecule has 3 heterocycles. The number of aliphatic hydroxyl groups excluding tert-OH is 2. The van der Waals surface area contributed by atoms with Gasteiger partial charge in [-0.1, -0.05) is 48.5 Å². The van der Waals surface area contributed by atoms with Crippen LogP contribution in [0.15, 0.2) is 124 Å². The van der Waals surface area contributed by atoms with E-state index in [1.165, 1.54) is 23.3 Å². The molecule has 13 heteroatoms. The Morgan fingerprint density at radius 3 is 2.63 bits per heavy atom. The molecule has 0 spiro atoms. The van der Waals surface area contributed by atoms with E-state index in [0.717, 1.165) is 76.3 Å². The third-order valence-electron chi connectivity index (χ3n) is 11.3. The molecule has 0 fully saturated rings. The molecule has 2 unspecified atom stereocenters. The Kier molecular flexibility index (Phi) is 12.9. The van der Waals surface area contributed by atoms with Crippen molar-refractivity contribution in [1.29, 1.82) is 0 Å². The molecule has 12 nitrogen and oxygen atoms in total. The lowest BCUT2D eigenvalue weighted by molar-refractivity contribution is 0.0989. The Morgan fingerprint density at radius 1 is 0.935 bits per heavy atom. The van der Waals surface area contributed by atoms with E-state index in [9.17, 15) is 24.9 Å². The van der Waals surface area contributed by atoms with Gasteiger partial charge >= 0.3 is 0 Å². The lowest BCUT2D eigenvalue weighted by Gasteiger charge is -2.19. The fourth-order valence-electron chi connectivity index (χ4n) is 8.19. The first-order valence-corrected chi connectivity index (χ1v) is 21.6. The number of aromatic hydroxyl groups is 1. The number of phenols is 1. The summed E-state index contributed by atoms with van der Waals surface area (Å²) >= 11 is 1.56. The van der Waals surface area contributed by atoms with Crippen LogP contribution < -0.4 is 31.6 Å². The van der Waals surface area contributed by atoms with Crippen molar-refractivity contribution in [3.63, 3.8) is 0 Å². The van der Waals surface area contributed by atoms with Crippen molar-refractivity contribution in [2.75, 3.05) is 37.0 Å². The van der Waals surface area contributed by atoms with Gasteiger partial charge in [0.2, 0.25) is 5.56 Å². The predicted octanol–water partition coefficient (Wildman–Crippen LogP) is 8.18. The molecule has 0 aliphatic carbocycles. The zero-order valence-electron chi connectivity index (χ0n) is 34.7. The van der Waals surface area contributed by atoms with Crippen molar-refractivity contribution >= 4 is 56.5 Å². The summed E-state index contributed by atoms with van der Waals surface area (Å²) in [6.07, 6.45) is 4.33. The highest BCUT2D eigenvalue weighted by atomic mass is 32.2. The van der Waals surface area contributed by atoms with Gasteiger partial charge in [0.05, 0.1) is 29.9 Å². The SMILES string of the molecule is COc1cccc(Nc2c(C(N)O)cnc3c(C)cc(Sc4cccc(C(=O)N5CCc6cc(CCCCCNCC(O)c7ccc(O)c8[nH]c(=O)ccc78)ccc65)c4)cc23)c1. The molecule has 0 saturated carbocycles. The van der Waals surface area contributed by atoms with E-state index < -0.39 is 12.3 Å². The number of unbranched alkanes of at least 4 members (excludes halogenated alkanes) is 2. The summed E-state index contributed by atoms with van der Waals surface area (Å²) in [7, 11) is 1.62. The fourth-order valence-corrected chi connectivity index (χ4v) is 9.21. The van der Waals surface area contributed by atoms with Gasteiger partial charge in [0.15, 0.2) is 0 Å². The molecular weight excluding hydrogens is 801 g/mol. The highest BCUT2D eigenvalue weighted by molar-refractivity contribution is 7.99. The van der Waals surface area contributed by atoms with Crippen LogP contribution in [-0.4, -0.2) is 57.9 Å². The molecule has 2 atom stereocenters. The minimum absolute atomic E-state index is 0.0270. The van der Waals surface area contributed by atoms with E-state index in [1.54, 1.807) is 37.2 Å². The Hall–Kier alpha value is -6.22. The van der Waals surface area contributed by atoms with Crippen molar-refractivity contribution in [3.8, 4) is 11.5 Å². The van der Waals surface area contributed by atoms with E-state index in [0.29, 0.717) is 52.1 Å². The van der Waals surface area contributed by atoms with Crippen LogP contribution in [0.25, 0.3) is 21.8 Å². The van der Waals surface area contributed by atoms with Crippen molar-refractivity contribution in [2.45, 2.75) is 61.2 Å². The molecule has 5 aromatic carbocycles. The van der Waals surface area contributed by atoms with Crippen molar-refractivity contribution in [1.82, 2.24) is 15.3 Å². The van der Waals surface area contributed by atoms with Crippen LogP contribution in [0, 0.1) is 6.92 Å². The number of benzene rings is 5. The molecule has 8 rings (SSSR count). The number of methoxy groups -OCH3 is 1. The number of nitrogens with one attached hydrogen (secondary N) is 3. The topological polar surface area (TPSA) is 186 Å². The summed E-state index contributed by atoms with van der Waals surface area (Å²) in [6.45, 7) is 3.75. The van der Waals surface area contributed by atoms with Gasteiger partial charge in [0.1, 0.15) is 17.7 Å². The van der Waals surface area contributed by atoms with Gasteiger partial charge in [-0.2, -0.15) is 0 Å². The van der Waals surface area contributed by atoms with Crippen LogP contribution in [0.3, 0.4) is 0 Å². The number of ether oxygens (including phenoxy) is 1. The summed E-state index contributed by atoms with van der Waals surface area (Å²) in [4.78, 5) is 36.8. The number of aliphatic hydroxyl groups is 2. The van der Waals surface area contributed by atoms with E-state index >= 15 is 0 Å². The number of aromatic nitrogens is 2. The molecular formula is C49H50N6O6S. The number of pyridine rings is 2. The largest absolute Gasteiger partial charge is 0.506 e. The zero-order valence-corrected chi connectivity index (χ0v) is 35.5. The molecule has 318 valence electrons. The lowest BCUT2D eigenvalue weighted by Crippen LogP contribution is -2.28. The molecule has 0 radical (unpaired) electrons. The van der Waals surface area contributed by atoms with Crippen LogP contribution >= 0.6 is 11.8 Å². The number of carbonyl (C=O) groups is 1. The third kappa shape index (κ3) is 9.32. The van der Waals surface area contributed by atoms with Crippen molar-refractivity contribution in [3.05, 3.63) is 153 Å². The molecule has 0 saturated heterocycles. The number of H-pyrrole nitrogens is 1. The monoisotopic (exact) mass is 850 g/mol. The number of amides is 1. The van der Waals surface area contributed by atoms with Crippen LogP contribution in [-0.2, 0) is 12.8 Å². The second-order valence-electron chi connectivity index (χ2n) is 15.6. The molecule has 2 aromatic heterocycles. The summed E-state index contributed by atoms with van der Waals surface area (Å²) in [5.41, 5.74) is 14.4. The summed E-state index contributed by atoms with van der Waals surface area (Å²) in [6, 6.07) is 32.0. The number of rotatable bonds is 16. The van der Waals surface area contributed by atoms with Gasteiger partial charge in [-0.25, -0.2) is 0 Å². The van der Waals surface area contributed by atoms with Crippen LogP contribution in [0.1, 0.15) is 69.8 Å². The van der Waals surface area contributed by atoms with E-state index in [1.807, 2.05) is 66.4 Å². The summed E-state index contributed by atoms with van der Waals surface area (Å²) < 4.78 is 5.42. The van der Waals surface area contributed by atoms with E-state index in [2.05, 4.69) is 44.9 Å². The normalized spacial score (nSPS) is 13.3. The highest BCUT2D eigenvalue weighted by Crippen LogP contribution is 2.39. The Labute approximate surface area is 363 Å². The van der Waals surface area contributed by atoms with Crippen molar-refractivity contribution < 1.29 is 24.9 Å². The average molecular weight is 851 g/mol. The Bertz CT molecular complexity index is 2830. The number of carbonyl (C=O) groups excluding carboxylic acids is 1.